The number of allylic oxidation sites excluding steroid dienone is 1. The number of phenolic OH excluding ortho intramolecular Hbond substituents is 1. The quantitative estimate of drug-likeness (QED) is 0.437. The molecule has 2 aromatic rings. The summed E-state index contributed by atoms with van der Waals surface area (Å²) in [4.78, 5) is 11.7. The van der Waals surface area contributed by atoms with Gasteiger partial charge in [0.25, 0.3) is 0 Å². The van der Waals surface area contributed by atoms with E-state index in [0.717, 1.165) is 0 Å². The maximum absolute atomic E-state index is 11.7. The van der Waals surface area contributed by atoms with Crippen LogP contribution < -0.4 is 0 Å². The van der Waals surface area contributed by atoms with Crippen LogP contribution in [0.4, 0.5) is 0 Å². The van der Waals surface area contributed by atoms with Crippen molar-refractivity contribution >= 4 is 12.0 Å². The summed E-state index contributed by atoms with van der Waals surface area (Å²) in [6.45, 7) is 6.39. The zero-order valence-corrected chi connectivity index (χ0v) is 14.8. The number of ether oxygens (including phenoxy) is 1. The van der Waals surface area contributed by atoms with E-state index < -0.39 is 5.97 Å². The topological polar surface area (TPSA) is 46.5 Å². The predicted molar refractivity (Wildman–Crippen MR) is 101 cm³/mol. The molecule has 0 aliphatic heterocycles. The van der Waals surface area contributed by atoms with Crippen molar-refractivity contribution in [1.29, 1.82) is 0 Å². The van der Waals surface area contributed by atoms with E-state index in [4.69, 9.17) is 4.74 Å². The minimum Gasteiger partial charge on any atom is -0.507 e. The number of benzene rings is 2. The average molecular weight is 336 g/mol. The van der Waals surface area contributed by atoms with Crippen LogP contribution in [0.5, 0.6) is 5.75 Å². The average Bonchev–Trinajstić information content (AvgIpc) is 2.61. The molecule has 0 aliphatic rings. The number of phenols is 1. The fraction of sp³-hybridized carbons (Fsp3) is 0.227. The van der Waals surface area contributed by atoms with Crippen molar-refractivity contribution < 1.29 is 14.6 Å². The maximum atomic E-state index is 11.7. The molecule has 3 nitrogen and oxygen atoms in total. The molecule has 0 aliphatic carbocycles. The summed E-state index contributed by atoms with van der Waals surface area (Å²) in [5.41, 5.74) is 3.05. The molecule has 0 aromatic heterocycles. The van der Waals surface area contributed by atoms with Gasteiger partial charge in [-0.2, -0.15) is 0 Å². The molecule has 0 bridgehead atoms. The van der Waals surface area contributed by atoms with Crippen molar-refractivity contribution in [3.63, 3.8) is 0 Å². The van der Waals surface area contributed by atoms with Crippen LogP contribution >= 0.6 is 0 Å². The molecular formula is C22H24O3. The molecule has 0 heterocycles. The number of hydrogen-bond donors (Lipinski definition) is 1. The Hall–Kier alpha value is -2.81. The molecule has 130 valence electrons. The highest BCUT2D eigenvalue weighted by molar-refractivity contribution is 5.87. The molecule has 1 N–H and O–H groups in total. The van der Waals surface area contributed by atoms with E-state index in [1.54, 1.807) is 24.3 Å². The number of aromatic hydroxyl groups is 1. The normalized spacial score (nSPS) is 12.8. The number of rotatable bonds is 6. The Balaban J connectivity index is 1.92. The molecule has 0 saturated heterocycles. The number of esters is 1. The number of para-hydroxylation sites is 1. The van der Waals surface area contributed by atoms with E-state index in [2.05, 4.69) is 45.0 Å². The lowest BCUT2D eigenvalue weighted by atomic mass is 9.95. The van der Waals surface area contributed by atoms with E-state index >= 15 is 0 Å². The van der Waals surface area contributed by atoms with Crippen LogP contribution in [0.2, 0.25) is 0 Å². The van der Waals surface area contributed by atoms with Gasteiger partial charge in [-0.15, -0.1) is 0 Å². The van der Waals surface area contributed by atoms with E-state index in [0.29, 0.717) is 11.5 Å². The molecular weight excluding hydrogens is 312 g/mol. The van der Waals surface area contributed by atoms with Crippen LogP contribution in [-0.2, 0) is 9.53 Å². The molecule has 2 rings (SSSR count). The summed E-state index contributed by atoms with van der Waals surface area (Å²) in [5.74, 6) is 0.269. The minimum absolute atomic E-state index is 0.126. The highest BCUT2D eigenvalue weighted by Crippen LogP contribution is 2.22. The van der Waals surface area contributed by atoms with Gasteiger partial charge in [-0.05, 0) is 35.3 Å². The second-order valence-corrected chi connectivity index (χ2v) is 6.27. The smallest absolute Gasteiger partial charge is 0.335 e. The monoisotopic (exact) mass is 336 g/mol. The number of carbonyl (C=O) groups excluding carboxylic acids is 1. The minimum atomic E-state index is -0.484. The van der Waals surface area contributed by atoms with E-state index in [1.165, 1.54) is 29.5 Å². The summed E-state index contributed by atoms with van der Waals surface area (Å²) in [6.07, 6.45) is 6.10. The third-order valence-electron chi connectivity index (χ3n) is 3.99. The Morgan fingerprint density at radius 2 is 1.76 bits per heavy atom. The molecule has 2 aromatic carbocycles. The van der Waals surface area contributed by atoms with Crippen molar-refractivity contribution in [2.75, 3.05) is 0 Å². The van der Waals surface area contributed by atoms with Crippen LogP contribution in [0, 0.1) is 0 Å². The lowest BCUT2D eigenvalue weighted by Crippen LogP contribution is -1.96. The zero-order chi connectivity index (χ0) is 18.2. The summed E-state index contributed by atoms with van der Waals surface area (Å²) in [5, 5.41) is 9.64. The van der Waals surface area contributed by atoms with E-state index in [1.807, 2.05) is 6.08 Å². The standard InChI is InChI=1S/C22H24O3/c1-16(2)19-8-6-9-20(15-19)17(3)13-14-25-22(24)12-11-18-7-4-5-10-21(18)23/h4-17,23H,1-3H3. The molecule has 3 heteroatoms. The molecule has 0 spiro atoms. The summed E-state index contributed by atoms with van der Waals surface area (Å²) < 4.78 is 5.09. The van der Waals surface area contributed by atoms with Crippen LogP contribution in [0.3, 0.4) is 0 Å². The first kappa shape index (κ1) is 18.5. The van der Waals surface area contributed by atoms with Crippen LogP contribution in [-0.4, -0.2) is 11.1 Å². The molecule has 1 unspecified atom stereocenters. The van der Waals surface area contributed by atoms with Crippen molar-refractivity contribution in [2.45, 2.75) is 32.6 Å². The fourth-order valence-corrected chi connectivity index (χ4v) is 2.36. The SMILES string of the molecule is CC(C)c1cccc(C(C)C=COC(=O)C=Cc2ccccc2O)c1. The summed E-state index contributed by atoms with van der Waals surface area (Å²) in [7, 11) is 0. The van der Waals surface area contributed by atoms with Crippen molar-refractivity contribution in [2.24, 2.45) is 0 Å². The Labute approximate surface area is 149 Å². The van der Waals surface area contributed by atoms with Crippen molar-refractivity contribution in [3.05, 3.63) is 83.6 Å². The zero-order valence-electron chi connectivity index (χ0n) is 14.8. The Kier molecular flexibility index (Phi) is 6.58. The van der Waals surface area contributed by atoms with Crippen molar-refractivity contribution in [3.8, 4) is 5.75 Å². The van der Waals surface area contributed by atoms with Gasteiger partial charge in [-0.25, -0.2) is 4.79 Å². The molecule has 0 radical (unpaired) electrons. The van der Waals surface area contributed by atoms with Gasteiger partial charge >= 0.3 is 5.97 Å². The molecule has 25 heavy (non-hydrogen) atoms. The lowest BCUT2D eigenvalue weighted by molar-refractivity contribution is -0.132. The first-order chi connectivity index (χ1) is 12.0. The Morgan fingerprint density at radius 1 is 1.04 bits per heavy atom. The fourth-order valence-electron chi connectivity index (χ4n) is 2.36. The number of carbonyl (C=O) groups is 1. The van der Waals surface area contributed by atoms with Gasteiger partial charge in [-0.1, -0.05) is 63.2 Å². The van der Waals surface area contributed by atoms with Gasteiger partial charge in [0.1, 0.15) is 5.75 Å². The van der Waals surface area contributed by atoms with Gasteiger partial charge in [0, 0.05) is 17.6 Å². The second-order valence-electron chi connectivity index (χ2n) is 6.27. The molecule has 1 atom stereocenters. The molecule has 0 amide bonds. The number of hydrogen-bond acceptors (Lipinski definition) is 3. The lowest BCUT2D eigenvalue weighted by Gasteiger charge is -2.11. The Bertz CT molecular complexity index is 772. The van der Waals surface area contributed by atoms with E-state index in [-0.39, 0.29) is 11.7 Å². The highest BCUT2D eigenvalue weighted by atomic mass is 16.5. The molecule has 0 saturated carbocycles. The first-order valence-corrected chi connectivity index (χ1v) is 8.40. The van der Waals surface area contributed by atoms with Crippen LogP contribution in [0.1, 0.15) is 49.3 Å². The molecule has 0 fully saturated rings. The summed E-state index contributed by atoms with van der Waals surface area (Å²) >= 11 is 0. The third-order valence-corrected chi connectivity index (χ3v) is 3.99. The summed E-state index contributed by atoms with van der Waals surface area (Å²) in [6, 6.07) is 15.2. The van der Waals surface area contributed by atoms with Gasteiger partial charge in [-0.3, -0.25) is 0 Å². The van der Waals surface area contributed by atoms with Gasteiger partial charge in [0.2, 0.25) is 0 Å². The van der Waals surface area contributed by atoms with Gasteiger partial charge in [0.15, 0.2) is 0 Å². The second kappa shape index (κ2) is 8.88. The van der Waals surface area contributed by atoms with Crippen molar-refractivity contribution in [1.82, 2.24) is 0 Å². The van der Waals surface area contributed by atoms with Gasteiger partial charge in [0.05, 0.1) is 6.26 Å². The Morgan fingerprint density at radius 3 is 2.48 bits per heavy atom. The predicted octanol–water partition coefficient (Wildman–Crippen LogP) is 5.39. The van der Waals surface area contributed by atoms with Crippen LogP contribution in [0.15, 0.2) is 66.9 Å². The first-order valence-electron chi connectivity index (χ1n) is 8.40. The third kappa shape index (κ3) is 5.64. The maximum Gasteiger partial charge on any atom is 0.335 e. The van der Waals surface area contributed by atoms with E-state index in [9.17, 15) is 9.90 Å². The highest BCUT2D eigenvalue weighted by Gasteiger charge is 2.05. The largest absolute Gasteiger partial charge is 0.507 e. The van der Waals surface area contributed by atoms with Gasteiger partial charge < -0.3 is 9.84 Å². The van der Waals surface area contributed by atoms with Crippen LogP contribution in [0.25, 0.3) is 6.08 Å².